The van der Waals surface area contributed by atoms with Gasteiger partial charge in [-0.2, -0.15) is 0 Å². The molecule has 77 heavy (non-hydrogen) atoms. The van der Waals surface area contributed by atoms with Crippen LogP contribution in [0.1, 0.15) is 38.5 Å². The molecule has 0 aromatic heterocycles. The van der Waals surface area contributed by atoms with Crippen molar-refractivity contribution in [3.8, 4) is 0 Å². The van der Waals surface area contributed by atoms with E-state index in [-0.39, 0.29) is 0 Å². The number of rotatable bonds is 13. The molecule has 23 unspecified atom stereocenters. The summed E-state index contributed by atoms with van der Waals surface area (Å²) in [6, 6.07) is 0. The number of fused-ring (bicyclic) bond motifs is 29. The number of ether oxygens (including phenoxy) is 8. The summed E-state index contributed by atoms with van der Waals surface area (Å²) in [5, 5.41) is 276. The smallest absolute Gasteiger partial charge is 0.218 e. The topological polar surface area (TPSA) is 626 Å². The zero-order chi connectivity index (χ0) is 58.6. The lowest BCUT2D eigenvalue weighted by Gasteiger charge is -2.44. The molecule has 0 radical (unpaired) electrons. The molecule has 3 aliphatic heterocycles. The molecule has 0 amide bonds. The van der Waals surface area contributed by atoms with Crippen molar-refractivity contribution in [3.63, 3.8) is 0 Å². The van der Waals surface area contributed by atoms with Crippen LogP contribution in [-0.2, 0) is 37.9 Å². The van der Waals surface area contributed by atoms with E-state index in [9.17, 15) is 133 Å². The summed E-state index contributed by atoms with van der Waals surface area (Å²) in [7, 11) is 0. The molecule has 1 saturated heterocycles. The average Bonchev–Trinajstić information content (AvgIpc) is 3.40. The Morgan fingerprint density at radius 2 is 0.610 bits per heavy atom. The minimum absolute atomic E-state index is 0.447. The van der Waals surface area contributed by atoms with Crippen LogP contribution in [0.3, 0.4) is 0 Å². The van der Waals surface area contributed by atoms with Crippen molar-refractivity contribution in [2.24, 2.45) is 5.73 Å². The van der Waals surface area contributed by atoms with Gasteiger partial charge in [0.2, 0.25) is 18.9 Å². The molecular formula is C42H77NO34. The van der Waals surface area contributed by atoms with Crippen LogP contribution in [0.25, 0.3) is 0 Å². The number of aliphatic hydroxyl groups excluding tert-OH is 26. The minimum Gasteiger partial charge on any atom is -0.506 e. The van der Waals surface area contributed by atoms with Crippen LogP contribution in [0.5, 0.6) is 0 Å². The summed E-state index contributed by atoms with van der Waals surface area (Å²) in [5.74, 6) is -9.34. The van der Waals surface area contributed by atoms with Gasteiger partial charge in [-0.3, -0.25) is 0 Å². The number of nitrogens with two attached hydrogens (primary N) is 1. The Labute approximate surface area is 437 Å². The molecule has 1 fully saturated rings. The third-order valence-electron chi connectivity index (χ3n) is 11.9. The molecular weight excluding hydrogens is 1060 g/mol. The quantitative estimate of drug-likeness (QED) is 0.0814. The van der Waals surface area contributed by atoms with Crippen LogP contribution in [0, 0.1) is 0 Å². The van der Waals surface area contributed by atoms with Gasteiger partial charge in [0.15, 0.2) is 59.7 Å². The molecule has 0 aromatic rings. The Morgan fingerprint density at radius 3 is 0.961 bits per heavy atom. The highest BCUT2D eigenvalue weighted by Gasteiger charge is 2.50. The summed E-state index contributed by atoms with van der Waals surface area (Å²) in [4.78, 5) is 0. The summed E-state index contributed by atoms with van der Waals surface area (Å²) >= 11 is 0. The van der Waals surface area contributed by atoms with Gasteiger partial charge in [-0.1, -0.05) is 0 Å². The molecule has 454 valence electrons. The van der Waals surface area contributed by atoms with Crippen LogP contribution >= 0.6 is 0 Å². The molecule has 0 aromatic carbocycles. The Bertz CT molecular complexity index is 1760. The van der Waals surface area contributed by atoms with Gasteiger partial charge in [0.05, 0.1) is 24.9 Å². The fourth-order valence-electron chi connectivity index (χ4n) is 7.50. The number of hydrogen-bond acceptors (Lipinski definition) is 35. The van der Waals surface area contributed by atoms with Crippen molar-refractivity contribution in [2.75, 3.05) is 46.2 Å². The Kier molecular flexibility index (Phi) is 31.1. The van der Waals surface area contributed by atoms with Crippen LogP contribution in [-0.4, -0.2) is 321 Å². The van der Waals surface area contributed by atoms with E-state index in [1.807, 2.05) is 0 Å². The van der Waals surface area contributed by atoms with E-state index in [0.29, 0.717) is 0 Å². The predicted molar refractivity (Wildman–Crippen MR) is 243 cm³/mol. The molecule has 23 atom stereocenters. The number of aliphatic hydroxyl groups is 26. The third kappa shape index (κ3) is 19.5. The van der Waals surface area contributed by atoms with Gasteiger partial charge in [-0.25, -0.2) is 0 Å². The largest absolute Gasteiger partial charge is 0.506 e. The normalized spacial score (nSPS) is 43.4. The Balaban J connectivity index is 2.75. The van der Waals surface area contributed by atoms with Gasteiger partial charge in [-0.05, 0) is 25.8 Å². The molecule has 3 aliphatic rings. The van der Waals surface area contributed by atoms with E-state index in [1.54, 1.807) is 0 Å². The van der Waals surface area contributed by atoms with E-state index in [1.165, 1.54) is 0 Å². The van der Waals surface area contributed by atoms with E-state index in [4.69, 9.17) is 43.6 Å². The molecule has 0 spiro atoms. The lowest BCUT2D eigenvalue weighted by atomic mass is 9.98. The zero-order valence-corrected chi connectivity index (χ0v) is 40.9. The van der Waals surface area contributed by atoms with Crippen molar-refractivity contribution < 1.29 is 171 Å². The first-order valence-corrected chi connectivity index (χ1v) is 23.7. The Morgan fingerprint density at radius 1 is 0.299 bits per heavy atom. The molecule has 3 heterocycles. The van der Waals surface area contributed by atoms with E-state index < -0.39 is 261 Å². The highest BCUT2D eigenvalue weighted by Crippen LogP contribution is 2.30. The highest BCUT2D eigenvalue weighted by atomic mass is 16.7. The fourth-order valence-corrected chi connectivity index (χ4v) is 7.50. The monoisotopic (exact) mass is 1140 g/mol. The second kappa shape index (κ2) is 34.2. The van der Waals surface area contributed by atoms with Crippen molar-refractivity contribution in [3.05, 3.63) is 34.6 Å². The van der Waals surface area contributed by atoms with Gasteiger partial charge < -0.3 is 176 Å². The lowest BCUT2D eigenvalue weighted by molar-refractivity contribution is -0.347. The summed E-state index contributed by atoms with van der Waals surface area (Å²) in [6.07, 6.45) is -59.2. The maximum absolute atomic E-state index is 11.1. The van der Waals surface area contributed by atoms with Gasteiger partial charge in [0.1, 0.15) is 79.4 Å². The second-order valence-corrected chi connectivity index (χ2v) is 17.3. The zero-order valence-electron chi connectivity index (χ0n) is 40.9. The van der Waals surface area contributed by atoms with Crippen molar-refractivity contribution in [1.82, 2.24) is 0 Å². The summed E-state index contributed by atoms with van der Waals surface area (Å²) in [5.41, 5.74) is 5.57. The van der Waals surface area contributed by atoms with E-state index in [0.717, 1.165) is 0 Å². The highest BCUT2D eigenvalue weighted by molar-refractivity contribution is 5.11. The molecule has 3 rings (SSSR count). The first-order chi connectivity index (χ1) is 36.2. The SMILES string of the molecule is NCCC1OC(O)/C(O)=C(\O)C(CCO)OC(O)C(O)C(O)C(CCO)OC2OC(CO)C(OC(O)C(O)C(O)C(CCO)OC(O)/C(O)=C(\O)C(CCO)OC(O)/C(O)=C(/O)C(CCO)OC(O)C(O)C1O)C(O)C2O. The van der Waals surface area contributed by atoms with E-state index >= 15 is 0 Å². The molecule has 2 bridgehead atoms. The minimum atomic E-state index is -2.82. The third-order valence-corrected chi connectivity index (χ3v) is 11.9. The summed E-state index contributed by atoms with van der Waals surface area (Å²) in [6.45, 7) is -6.28. The molecule has 35 heteroatoms. The standard InChI is InChI=1S/C42H77NO34/c43-7-1-14-21(50)28(57)37(65)71-16(3-9-45)23(52)30(59)38(66)72-17(4-10-46)24(53)31(60)39(67)74-18(5-11-47)25(54)33(62)41(69)77-35-20(13-49)76-42(34(63)27(35)56)75-19(6-12-48)26(55)32(61)40(68)73-15(2-8-44)22(51)29(58)36(64)70-14/h14-21,25-28,32-42,44-69H,1-13,43H2/b29-22+,30-23-,31-24+. The van der Waals surface area contributed by atoms with Crippen LogP contribution < -0.4 is 5.73 Å². The molecule has 28 N–H and O–H groups in total. The van der Waals surface area contributed by atoms with Gasteiger partial charge in [-0.15, -0.1) is 0 Å². The summed E-state index contributed by atoms with van der Waals surface area (Å²) < 4.78 is 41.7. The molecule has 0 saturated carbocycles. The first kappa shape index (κ1) is 70.0. The average molecular weight is 1140 g/mol. The molecule has 0 aliphatic carbocycles. The van der Waals surface area contributed by atoms with Crippen LogP contribution in [0.2, 0.25) is 0 Å². The van der Waals surface area contributed by atoms with E-state index in [2.05, 4.69) is 0 Å². The first-order valence-electron chi connectivity index (χ1n) is 23.7. The van der Waals surface area contributed by atoms with Crippen molar-refractivity contribution in [2.45, 2.75) is 180 Å². The lowest BCUT2D eigenvalue weighted by Crippen LogP contribution is -2.63. The maximum atomic E-state index is 11.1. The molecule has 35 nitrogen and oxygen atoms in total. The van der Waals surface area contributed by atoms with Crippen molar-refractivity contribution >= 4 is 0 Å². The number of hydrogen-bond donors (Lipinski definition) is 27. The van der Waals surface area contributed by atoms with Crippen LogP contribution in [0.4, 0.5) is 0 Å². The fraction of sp³-hybridized carbons (Fsp3) is 0.857. The maximum Gasteiger partial charge on any atom is 0.218 e. The second-order valence-electron chi connectivity index (χ2n) is 17.3. The Hall–Kier alpha value is -3.14. The van der Waals surface area contributed by atoms with Gasteiger partial charge >= 0.3 is 0 Å². The van der Waals surface area contributed by atoms with Gasteiger partial charge in [0.25, 0.3) is 0 Å². The van der Waals surface area contributed by atoms with Crippen molar-refractivity contribution in [1.29, 1.82) is 0 Å². The predicted octanol–water partition coefficient (Wildman–Crippen LogP) is -10.5. The van der Waals surface area contributed by atoms with Gasteiger partial charge in [0, 0.05) is 52.3 Å². The van der Waals surface area contributed by atoms with Crippen LogP contribution in [0.15, 0.2) is 34.6 Å².